The van der Waals surface area contributed by atoms with Gasteiger partial charge < -0.3 is 0 Å². The van der Waals surface area contributed by atoms with Crippen LogP contribution >= 0.6 is 0 Å². The minimum absolute atomic E-state index is 1.00. The lowest BCUT2D eigenvalue weighted by Gasteiger charge is -2.40. The van der Waals surface area contributed by atoms with Gasteiger partial charge in [0.15, 0.2) is 0 Å². The third kappa shape index (κ3) is 3.01. The zero-order valence-electron chi connectivity index (χ0n) is 12.8. The summed E-state index contributed by atoms with van der Waals surface area (Å²) in [5.41, 5.74) is 6.29. The summed E-state index contributed by atoms with van der Waals surface area (Å²) in [4.78, 5) is 0. The summed E-state index contributed by atoms with van der Waals surface area (Å²) in [6.45, 7) is 12.3. The Morgan fingerprint density at radius 2 is 1.33 bits per heavy atom. The van der Waals surface area contributed by atoms with Crippen molar-refractivity contribution < 1.29 is 0 Å². The van der Waals surface area contributed by atoms with Gasteiger partial charge in [0.1, 0.15) is 0 Å². The van der Waals surface area contributed by atoms with Crippen molar-refractivity contribution in [2.45, 2.75) is 87.8 Å². The smallest absolute Gasteiger partial charge is 0.0745 e. The van der Waals surface area contributed by atoms with Gasteiger partial charge in [0, 0.05) is 8.07 Å². The second kappa shape index (κ2) is 5.66. The van der Waals surface area contributed by atoms with Gasteiger partial charge in [0.25, 0.3) is 0 Å². The van der Waals surface area contributed by atoms with Crippen LogP contribution in [0, 0.1) is 0 Å². The van der Waals surface area contributed by atoms with E-state index in [-0.39, 0.29) is 0 Å². The Hall–Kier alpha value is 0.174. The SMILES string of the molecule is C=C[Si](C)(C[Si](C)(C)C1CCCC1)C1CCCC1. The molecule has 2 aliphatic carbocycles. The minimum atomic E-state index is -1.17. The predicted molar refractivity (Wildman–Crippen MR) is 88.5 cm³/mol. The van der Waals surface area contributed by atoms with Crippen LogP contribution in [0.3, 0.4) is 0 Å². The van der Waals surface area contributed by atoms with E-state index in [2.05, 4.69) is 31.9 Å². The molecule has 2 fully saturated rings. The molecule has 2 rings (SSSR count). The number of hydrogen-bond acceptors (Lipinski definition) is 0. The van der Waals surface area contributed by atoms with Crippen LogP contribution in [0.2, 0.25) is 36.4 Å². The Kier molecular flexibility index (Phi) is 4.58. The van der Waals surface area contributed by atoms with E-state index in [4.69, 9.17) is 0 Å². The number of hydrogen-bond donors (Lipinski definition) is 0. The summed E-state index contributed by atoms with van der Waals surface area (Å²) in [6.07, 6.45) is 12.1. The highest BCUT2D eigenvalue weighted by molar-refractivity contribution is 6.99. The van der Waals surface area contributed by atoms with Crippen LogP contribution in [-0.2, 0) is 0 Å². The maximum atomic E-state index is 4.27. The fourth-order valence-corrected chi connectivity index (χ4v) is 19.6. The highest BCUT2D eigenvalue weighted by atomic mass is 28.4. The zero-order chi connectivity index (χ0) is 13.2. The molecule has 0 heterocycles. The van der Waals surface area contributed by atoms with Crippen molar-refractivity contribution in [2.75, 3.05) is 0 Å². The molecular formula is C16H32Si2. The zero-order valence-corrected chi connectivity index (χ0v) is 14.8. The van der Waals surface area contributed by atoms with Gasteiger partial charge in [-0.15, -0.1) is 12.3 Å². The molecule has 0 N–H and O–H groups in total. The van der Waals surface area contributed by atoms with E-state index < -0.39 is 16.1 Å². The van der Waals surface area contributed by atoms with Gasteiger partial charge >= 0.3 is 0 Å². The Bertz CT molecular complexity index is 285. The fourth-order valence-electron chi connectivity index (χ4n) is 4.80. The highest BCUT2D eigenvalue weighted by Gasteiger charge is 2.43. The summed E-state index contributed by atoms with van der Waals surface area (Å²) in [5.74, 6) is 0. The Balaban J connectivity index is 2.05. The molecule has 0 nitrogen and oxygen atoms in total. The van der Waals surface area contributed by atoms with Crippen LogP contribution in [0.25, 0.3) is 0 Å². The first kappa shape index (κ1) is 14.6. The molecule has 1 atom stereocenters. The van der Waals surface area contributed by atoms with E-state index in [1.165, 1.54) is 38.5 Å². The fraction of sp³-hybridized carbons (Fsp3) is 0.875. The molecule has 18 heavy (non-hydrogen) atoms. The normalized spacial score (nSPS) is 26.4. The second-order valence-corrected chi connectivity index (χ2v) is 18.3. The van der Waals surface area contributed by atoms with E-state index >= 15 is 0 Å². The van der Waals surface area contributed by atoms with Gasteiger partial charge in [-0.1, -0.05) is 76.7 Å². The summed E-state index contributed by atoms with van der Waals surface area (Å²) in [6, 6.07) is 0. The molecule has 0 aliphatic heterocycles. The first-order valence-electron chi connectivity index (χ1n) is 8.11. The quantitative estimate of drug-likeness (QED) is 0.548. The van der Waals surface area contributed by atoms with Crippen LogP contribution in [0.1, 0.15) is 51.4 Å². The first-order valence-corrected chi connectivity index (χ1v) is 14.3. The summed E-state index contributed by atoms with van der Waals surface area (Å²) < 4.78 is 0. The molecule has 2 aliphatic rings. The first-order chi connectivity index (χ1) is 8.48. The Morgan fingerprint density at radius 3 is 1.78 bits per heavy atom. The highest BCUT2D eigenvalue weighted by Crippen LogP contribution is 2.47. The maximum Gasteiger partial charge on any atom is 0.0745 e. The molecule has 0 saturated heterocycles. The molecule has 1 unspecified atom stereocenters. The lowest BCUT2D eigenvalue weighted by molar-refractivity contribution is 0.820. The van der Waals surface area contributed by atoms with Gasteiger partial charge in [-0.25, -0.2) is 0 Å². The standard InChI is InChI=1S/C16H32Si2/c1-5-18(4,16-12-8-9-13-16)14-17(2,3)15-10-6-7-11-15/h5,15-16H,1,6-14H2,2-4H3. The summed E-state index contributed by atoms with van der Waals surface area (Å²) in [5, 5.41) is 0. The third-order valence-electron chi connectivity index (χ3n) is 6.05. The van der Waals surface area contributed by atoms with Gasteiger partial charge in [0.2, 0.25) is 0 Å². The summed E-state index contributed by atoms with van der Waals surface area (Å²) in [7, 11) is -2.17. The molecule has 0 aromatic heterocycles. The lowest BCUT2D eigenvalue weighted by Crippen LogP contribution is -2.45. The summed E-state index contributed by atoms with van der Waals surface area (Å²) >= 11 is 0. The molecule has 0 bridgehead atoms. The van der Waals surface area contributed by atoms with Gasteiger partial charge in [-0.05, 0) is 11.1 Å². The molecule has 0 aromatic rings. The van der Waals surface area contributed by atoms with Crippen molar-refractivity contribution in [1.82, 2.24) is 0 Å². The van der Waals surface area contributed by atoms with Crippen LogP contribution in [0.5, 0.6) is 0 Å². The van der Waals surface area contributed by atoms with Crippen molar-refractivity contribution >= 4 is 16.1 Å². The van der Waals surface area contributed by atoms with Crippen molar-refractivity contribution in [3.8, 4) is 0 Å². The van der Waals surface area contributed by atoms with E-state index in [0.29, 0.717) is 0 Å². The topological polar surface area (TPSA) is 0 Å². The molecule has 2 saturated carbocycles. The third-order valence-corrected chi connectivity index (χ3v) is 18.9. The molecule has 0 radical (unpaired) electrons. The molecule has 104 valence electrons. The molecule has 0 aromatic carbocycles. The minimum Gasteiger partial charge on any atom is -0.107 e. The van der Waals surface area contributed by atoms with Crippen molar-refractivity contribution in [2.24, 2.45) is 0 Å². The van der Waals surface area contributed by atoms with E-state index in [1.807, 2.05) is 0 Å². The lowest BCUT2D eigenvalue weighted by atomic mass is 10.4. The molecular weight excluding hydrogens is 248 g/mol. The monoisotopic (exact) mass is 280 g/mol. The van der Waals surface area contributed by atoms with E-state index in [0.717, 1.165) is 11.1 Å². The Morgan fingerprint density at radius 1 is 0.889 bits per heavy atom. The molecule has 2 heteroatoms. The molecule has 0 spiro atoms. The van der Waals surface area contributed by atoms with Gasteiger partial charge in [-0.2, -0.15) is 0 Å². The van der Waals surface area contributed by atoms with Crippen molar-refractivity contribution in [3.63, 3.8) is 0 Å². The van der Waals surface area contributed by atoms with Gasteiger partial charge in [0.05, 0.1) is 8.07 Å². The van der Waals surface area contributed by atoms with Crippen molar-refractivity contribution in [3.05, 3.63) is 12.3 Å². The van der Waals surface area contributed by atoms with Crippen LogP contribution in [0.4, 0.5) is 0 Å². The predicted octanol–water partition coefficient (Wildman–Crippen LogP) is 5.93. The number of rotatable bonds is 5. The maximum absolute atomic E-state index is 4.27. The van der Waals surface area contributed by atoms with Crippen molar-refractivity contribution in [1.29, 1.82) is 0 Å². The van der Waals surface area contributed by atoms with E-state index in [9.17, 15) is 0 Å². The van der Waals surface area contributed by atoms with Crippen LogP contribution in [-0.4, -0.2) is 16.1 Å². The van der Waals surface area contributed by atoms with E-state index in [1.54, 1.807) is 18.5 Å². The van der Waals surface area contributed by atoms with Gasteiger partial charge in [-0.3, -0.25) is 0 Å². The average molecular weight is 281 g/mol. The average Bonchev–Trinajstić information content (AvgIpc) is 3.01. The largest absolute Gasteiger partial charge is 0.107 e. The van der Waals surface area contributed by atoms with Crippen LogP contribution < -0.4 is 0 Å². The van der Waals surface area contributed by atoms with Crippen LogP contribution in [0.15, 0.2) is 12.3 Å². The molecule has 0 amide bonds. The Labute approximate surface area is 116 Å². The second-order valence-electron chi connectivity index (χ2n) is 7.84.